The molecule has 0 unspecified atom stereocenters. The fourth-order valence-corrected chi connectivity index (χ4v) is 2.30. The lowest BCUT2D eigenvalue weighted by atomic mass is 9.82. The fourth-order valence-electron chi connectivity index (χ4n) is 2.30. The summed E-state index contributed by atoms with van der Waals surface area (Å²) in [4.78, 5) is 13.5. The second-order valence-electron chi connectivity index (χ2n) is 5.17. The van der Waals surface area contributed by atoms with Crippen molar-refractivity contribution < 1.29 is 9.90 Å². The van der Waals surface area contributed by atoms with Crippen LogP contribution in [0.25, 0.3) is 0 Å². The molecule has 0 aromatic heterocycles. The van der Waals surface area contributed by atoms with E-state index in [0.717, 1.165) is 31.3 Å². The second kappa shape index (κ2) is 5.48. The average Bonchev–Trinajstić information content (AvgIpc) is 2.16. The summed E-state index contributed by atoms with van der Waals surface area (Å²) in [6.07, 6.45) is 5.04. The van der Waals surface area contributed by atoms with Crippen LogP contribution in [-0.4, -0.2) is 35.1 Å². The molecule has 1 saturated carbocycles. The van der Waals surface area contributed by atoms with E-state index in [1.165, 1.54) is 6.42 Å². The number of hydrogen-bond acceptors (Lipinski definition) is 2. The van der Waals surface area contributed by atoms with E-state index in [1.807, 2.05) is 6.92 Å². The van der Waals surface area contributed by atoms with E-state index in [1.54, 1.807) is 11.9 Å². The highest BCUT2D eigenvalue weighted by molar-refractivity contribution is 5.77. The zero-order valence-corrected chi connectivity index (χ0v) is 10.5. The Labute approximate surface area is 98.1 Å². The van der Waals surface area contributed by atoms with Crippen LogP contribution in [0.1, 0.15) is 45.4 Å². The number of carbonyl (C=O) groups is 1. The monoisotopic (exact) mass is 225 g/mol. The number of nitrogens with zero attached hydrogens (tertiary/aromatic N) is 1. The third-order valence-corrected chi connectivity index (χ3v) is 3.20. The van der Waals surface area contributed by atoms with Gasteiger partial charge in [0.1, 0.15) is 0 Å². The summed E-state index contributed by atoms with van der Waals surface area (Å²) in [5.74, 6) is 0.0207. The summed E-state index contributed by atoms with van der Waals surface area (Å²) in [7, 11) is 1.77. The normalized spacial score (nSPS) is 19.2. The third-order valence-electron chi connectivity index (χ3n) is 3.20. The molecule has 1 fully saturated rings. The first-order valence-electron chi connectivity index (χ1n) is 6.04. The van der Waals surface area contributed by atoms with E-state index in [-0.39, 0.29) is 12.3 Å². The van der Waals surface area contributed by atoms with Crippen molar-refractivity contribution >= 4 is 5.91 Å². The van der Waals surface area contributed by atoms with Crippen molar-refractivity contribution in [1.82, 2.24) is 4.90 Å². The number of rotatable bonds is 4. The molecular weight excluding hydrogens is 202 g/mol. The van der Waals surface area contributed by atoms with Crippen LogP contribution < -0.4 is 0 Å². The zero-order valence-electron chi connectivity index (χ0n) is 10.5. The van der Waals surface area contributed by atoms with Crippen LogP contribution in [0, 0.1) is 0 Å². The van der Waals surface area contributed by atoms with Gasteiger partial charge in [0.15, 0.2) is 0 Å². The predicted octanol–water partition coefficient (Wildman–Crippen LogP) is 2.11. The van der Waals surface area contributed by atoms with Crippen molar-refractivity contribution in [3.8, 4) is 0 Å². The van der Waals surface area contributed by atoms with Crippen molar-refractivity contribution in [3.05, 3.63) is 12.2 Å². The minimum Gasteiger partial charge on any atom is -0.389 e. The van der Waals surface area contributed by atoms with Gasteiger partial charge in [-0.3, -0.25) is 4.79 Å². The zero-order chi connectivity index (χ0) is 12.2. The molecule has 3 nitrogen and oxygen atoms in total. The molecule has 3 heteroatoms. The second-order valence-corrected chi connectivity index (χ2v) is 5.17. The summed E-state index contributed by atoms with van der Waals surface area (Å²) in [6.45, 7) is 6.27. The highest BCUT2D eigenvalue weighted by Gasteiger charge is 2.32. The molecule has 16 heavy (non-hydrogen) atoms. The van der Waals surface area contributed by atoms with Crippen molar-refractivity contribution in [2.75, 3.05) is 13.6 Å². The molecule has 1 rings (SSSR count). The lowest BCUT2D eigenvalue weighted by Gasteiger charge is -2.32. The highest BCUT2D eigenvalue weighted by Crippen LogP contribution is 2.31. The van der Waals surface area contributed by atoms with Crippen LogP contribution in [-0.2, 0) is 4.79 Å². The first kappa shape index (κ1) is 13.2. The number of likely N-dealkylation sites (N-methyl/N-ethyl adjacent to an activating group) is 1. The molecule has 1 aliphatic rings. The summed E-state index contributed by atoms with van der Waals surface area (Å²) in [5, 5.41) is 10.3. The highest BCUT2D eigenvalue weighted by atomic mass is 16.3. The van der Waals surface area contributed by atoms with Gasteiger partial charge in [-0.25, -0.2) is 0 Å². The van der Waals surface area contributed by atoms with Gasteiger partial charge >= 0.3 is 0 Å². The smallest absolute Gasteiger partial charge is 0.225 e. The minimum absolute atomic E-state index is 0.0207. The molecule has 0 radical (unpaired) electrons. The third kappa shape index (κ3) is 3.97. The first-order chi connectivity index (χ1) is 7.43. The molecule has 1 amide bonds. The van der Waals surface area contributed by atoms with Gasteiger partial charge in [0.2, 0.25) is 5.91 Å². The molecule has 1 N–H and O–H groups in total. The van der Waals surface area contributed by atoms with E-state index in [2.05, 4.69) is 6.58 Å². The number of hydrogen-bond donors (Lipinski definition) is 1. The summed E-state index contributed by atoms with van der Waals surface area (Å²) in [5.41, 5.74) is 0.213. The Hall–Kier alpha value is -0.830. The van der Waals surface area contributed by atoms with E-state index in [4.69, 9.17) is 0 Å². The Bertz CT molecular complexity index is 267. The van der Waals surface area contributed by atoms with Crippen molar-refractivity contribution in [2.45, 2.75) is 51.0 Å². The first-order valence-corrected chi connectivity index (χ1v) is 6.04. The maximum absolute atomic E-state index is 11.9. The Kier molecular flexibility index (Phi) is 4.54. The van der Waals surface area contributed by atoms with Crippen LogP contribution in [0.15, 0.2) is 12.2 Å². The van der Waals surface area contributed by atoms with Crippen molar-refractivity contribution in [3.63, 3.8) is 0 Å². The Morgan fingerprint density at radius 2 is 1.94 bits per heavy atom. The largest absolute Gasteiger partial charge is 0.389 e. The summed E-state index contributed by atoms with van der Waals surface area (Å²) in [6, 6.07) is 0. The van der Waals surface area contributed by atoms with Gasteiger partial charge in [-0.15, -0.1) is 0 Å². The number of amides is 1. The molecule has 1 aliphatic carbocycles. The maximum Gasteiger partial charge on any atom is 0.225 e. The van der Waals surface area contributed by atoms with E-state index < -0.39 is 5.60 Å². The van der Waals surface area contributed by atoms with Crippen LogP contribution in [0.5, 0.6) is 0 Å². The predicted molar refractivity (Wildman–Crippen MR) is 65.1 cm³/mol. The lowest BCUT2D eigenvalue weighted by molar-refractivity contribution is -0.136. The van der Waals surface area contributed by atoms with Gasteiger partial charge in [-0.2, -0.15) is 0 Å². The van der Waals surface area contributed by atoms with E-state index in [0.29, 0.717) is 6.54 Å². The molecule has 0 aromatic rings. The Morgan fingerprint density at radius 1 is 1.38 bits per heavy atom. The fraction of sp³-hybridized carbons (Fsp3) is 0.769. The van der Waals surface area contributed by atoms with Crippen LogP contribution in [0.4, 0.5) is 0 Å². The quantitative estimate of drug-likeness (QED) is 0.744. The Balaban J connectivity index is 2.45. The molecule has 0 atom stereocenters. The van der Waals surface area contributed by atoms with Crippen molar-refractivity contribution in [1.29, 1.82) is 0 Å². The molecule has 0 aromatic carbocycles. The minimum atomic E-state index is -0.751. The molecule has 92 valence electrons. The molecule has 0 aliphatic heterocycles. The number of carbonyl (C=O) groups excluding carboxylic acids is 1. The standard InChI is InChI=1S/C13H23NO2/c1-11(2)10-14(3)12(15)9-13(16)7-5-4-6-8-13/h16H,1,4-10H2,2-3H3. The van der Waals surface area contributed by atoms with Crippen LogP contribution >= 0.6 is 0 Å². The summed E-state index contributed by atoms with van der Waals surface area (Å²) >= 11 is 0. The van der Waals surface area contributed by atoms with Gasteiger partial charge in [-0.1, -0.05) is 31.4 Å². The average molecular weight is 225 g/mol. The molecular formula is C13H23NO2. The topological polar surface area (TPSA) is 40.5 Å². The molecule has 0 saturated heterocycles. The Morgan fingerprint density at radius 3 is 2.44 bits per heavy atom. The van der Waals surface area contributed by atoms with Crippen LogP contribution in [0.3, 0.4) is 0 Å². The SMILES string of the molecule is C=C(C)CN(C)C(=O)CC1(O)CCCCC1. The number of aliphatic hydroxyl groups is 1. The molecule has 0 bridgehead atoms. The van der Waals surface area contributed by atoms with Gasteiger partial charge in [0.05, 0.1) is 12.0 Å². The van der Waals surface area contributed by atoms with E-state index in [9.17, 15) is 9.90 Å². The van der Waals surface area contributed by atoms with Gasteiger partial charge < -0.3 is 10.0 Å². The van der Waals surface area contributed by atoms with Gasteiger partial charge in [0.25, 0.3) is 0 Å². The van der Waals surface area contributed by atoms with Crippen LogP contribution in [0.2, 0.25) is 0 Å². The molecule has 0 heterocycles. The molecule has 0 spiro atoms. The van der Waals surface area contributed by atoms with Gasteiger partial charge in [-0.05, 0) is 19.8 Å². The van der Waals surface area contributed by atoms with Crippen molar-refractivity contribution in [2.24, 2.45) is 0 Å². The maximum atomic E-state index is 11.9. The summed E-state index contributed by atoms with van der Waals surface area (Å²) < 4.78 is 0. The lowest BCUT2D eigenvalue weighted by Crippen LogP contribution is -2.39. The van der Waals surface area contributed by atoms with Gasteiger partial charge in [0, 0.05) is 13.6 Å². The van der Waals surface area contributed by atoms with E-state index >= 15 is 0 Å².